The first-order valence-corrected chi connectivity index (χ1v) is 23.2. The second-order valence-corrected chi connectivity index (χ2v) is 17.4. The second kappa shape index (κ2) is 27.7. The molecule has 0 aliphatic heterocycles. The number of nitrogens with one attached hydrogen (secondary N) is 8. The molecule has 0 aliphatic carbocycles. The monoisotopic (exact) mass is 908 g/mol. The van der Waals surface area contributed by atoms with E-state index in [4.69, 9.17) is 11.5 Å². The fourth-order valence-electron chi connectivity index (χ4n) is 6.12. The molecule has 62 heavy (non-hydrogen) atoms. The maximum Gasteiger partial charge on any atom is 0.326 e. The summed E-state index contributed by atoms with van der Waals surface area (Å²) in [5.74, 6) is -6.11. The molecular weight excluding hydrogens is 845 g/mol. The number of nitrogens with two attached hydrogens (primary N) is 2. The average Bonchev–Trinajstić information content (AvgIpc) is 3.95. The standard InChI is InChI=1S/C39H64N12O9S2/c1-7-22(4)32(38(58)47-26(8-9-31(41)52)34(54)46-27(10-12-61-5)35(55)48-28(39(59)60)11-13-62-6)51-37(57)29(14-21(2)3)50-36(56)30(16-24-18-43-20-45-24)49-33(53)25(40)15-23-17-42-19-44-23/h17-22,25-30,32H,7-16,40H2,1-6H3,(H2,41,52)(H,42,44)(H,43,45)(H,46,54)(H,47,58)(H,48,55)(H,49,53)(H,50,56)(H,51,57)(H,59,60)/t22-,25-,26-,27-,28-,29-,30-,32-/m0/s1. The van der Waals surface area contributed by atoms with Gasteiger partial charge in [-0.1, -0.05) is 34.1 Å². The summed E-state index contributed by atoms with van der Waals surface area (Å²) in [7, 11) is 0. The van der Waals surface area contributed by atoms with E-state index in [1.54, 1.807) is 26.4 Å². The van der Waals surface area contributed by atoms with Crippen molar-refractivity contribution in [3.05, 3.63) is 36.4 Å². The van der Waals surface area contributed by atoms with Crippen molar-refractivity contribution in [3.8, 4) is 0 Å². The van der Waals surface area contributed by atoms with E-state index in [0.717, 1.165) is 0 Å². The number of hydrogen-bond donors (Lipinski definition) is 11. The van der Waals surface area contributed by atoms with Crippen LogP contribution in [0.4, 0.5) is 0 Å². The molecule has 2 rings (SSSR count). The summed E-state index contributed by atoms with van der Waals surface area (Å²) in [6, 6.07) is -8.43. The Labute approximate surface area is 370 Å². The van der Waals surface area contributed by atoms with Crippen molar-refractivity contribution in [2.24, 2.45) is 23.3 Å². The highest BCUT2D eigenvalue weighted by molar-refractivity contribution is 7.98. The van der Waals surface area contributed by atoms with Gasteiger partial charge in [-0.15, -0.1) is 0 Å². The Bertz CT molecular complexity index is 1750. The lowest BCUT2D eigenvalue weighted by Gasteiger charge is -2.30. The number of thioether (sulfide) groups is 2. The molecule has 346 valence electrons. The molecule has 7 amide bonds. The molecule has 2 aromatic heterocycles. The van der Waals surface area contributed by atoms with Crippen molar-refractivity contribution in [1.29, 1.82) is 0 Å². The van der Waals surface area contributed by atoms with E-state index in [1.165, 1.54) is 48.6 Å². The number of H-pyrrole nitrogens is 2. The number of nitrogens with zero attached hydrogens (tertiary/aromatic N) is 2. The van der Waals surface area contributed by atoms with Crippen molar-refractivity contribution in [3.63, 3.8) is 0 Å². The minimum atomic E-state index is -1.40. The third-order valence-electron chi connectivity index (χ3n) is 9.86. The van der Waals surface area contributed by atoms with Crippen LogP contribution in [-0.2, 0) is 51.2 Å². The zero-order valence-corrected chi connectivity index (χ0v) is 37.8. The quantitative estimate of drug-likeness (QED) is 0.0453. The zero-order valence-electron chi connectivity index (χ0n) is 36.2. The summed E-state index contributed by atoms with van der Waals surface area (Å²) in [5, 5.41) is 25.6. The van der Waals surface area contributed by atoms with E-state index in [2.05, 4.69) is 51.8 Å². The third-order valence-corrected chi connectivity index (χ3v) is 11.1. The third kappa shape index (κ3) is 18.8. The van der Waals surface area contributed by atoms with Gasteiger partial charge in [0, 0.05) is 43.0 Å². The summed E-state index contributed by atoms with van der Waals surface area (Å²) in [5.41, 5.74) is 12.7. The van der Waals surface area contributed by atoms with E-state index < -0.39 is 95.5 Å². The molecule has 13 N–H and O–H groups in total. The largest absolute Gasteiger partial charge is 0.480 e. The molecule has 21 nitrogen and oxygen atoms in total. The fourth-order valence-corrected chi connectivity index (χ4v) is 7.06. The molecule has 0 aliphatic rings. The Morgan fingerprint density at radius 1 is 0.661 bits per heavy atom. The first-order valence-electron chi connectivity index (χ1n) is 20.4. The smallest absolute Gasteiger partial charge is 0.326 e. The van der Waals surface area contributed by atoms with Crippen LogP contribution in [-0.4, -0.2) is 139 Å². The van der Waals surface area contributed by atoms with Crippen LogP contribution in [0.2, 0.25) is 0 Å². The van der Waals surface area contributed by atoms with Gasteiger partial charge in [-0.05, 0) is 61.5 Å². The van der Waals surface area contributed by atoms with Crippen molar-refractivity contribution < 1.29 is 43.5 Å². The van der Waals surface area contributed by atoms with Crippen LogP contribution in [0.15, 0.2) is 25.0 Å². The number of amides is 7. The molecule has 0 saturated carbocycles. The Morgan fingerprint density at radius 2 is 1.13 bits per heavy atom. The lowest BCUT2D eigenvalue weighted by atomic mass is 9.96. The molecule has 0 radical (unpaired) electrons. The molecule has 23 heteroatoms. The van der Waals surface area contributed by atoms with Gasteiger partial charge < -0.3 is 58.4 Å². The van der Waals surface area contributed by atoms with Gasteiger partial charge in [0.1, 0.15) is 36.3 Å². The van der Waals surface area contributed by atoms with Crippen molar-refractivity contribution >= 4 is 70.8 Å². The van der Waals surface area contributed by atoms with E-state index in [0.29, 0.717) is 29.3 Å². The molecule has 0 unspecified atom stereocenters. The number of carboxylic acid groups (broad SMARTS) is 1. The number of aromatic amines is 2. The number of hydrogen-bond acceptors (Lipinski definition) is 13. The van der Waals surface area contributed by atoms with Crippen molar-refractivity contribution in [1.82, 2.24) is 51.8 Å². The predicted octanol–water partition coefficient (Wildman–Crippen LogP) is -0.897. The van der Waals surface area contributed by atoms with Crippen LogP contribution >= 0.6 is 23.5 Å². The summed E-state index contributed by atoms with van der Waals surface area (Å²) in [6.45, 7) is 7.18. The molecule has 2 heterocycles. The summed E-state index contributed by atoms with van der Waals surface area (Å²) in [6.07, 6.45) is 9.82. The van der Waals surface area contributed by atoms with Crippen LogP contribution in [0.1, 0.15) is 77.6 Å². The van der Waals surface area contributed by atoms with Crippen LogP contribution < -0.4 is 43.4 Å². The van der Waals surface area contributed by atoms with Gasteiger partial charge in [0.15, 0.2) is 0 Å². The number of aromatic nitrogens is 4. The first kappa shape index (κ1) is 53.0. The zero-order chi connectivity index (χ0) is 46.4. The van der Waals surface area contributed by atoms with E-state index in [1.807, 2.05) is 13.8 Å². The summed E-state index contributed by atoms with van der Waals surface area (Å²) in [4.78, 5) is 120. The van der Waals surface area contributed by atoms with Gasteiger partial charge in [0.05, 0.1) is 18.7 Å². The average molecular weight is 909 g/mol. The van der Waals surface area contributed by atoms with Gasteiger partial charge in [-0.25, -0.2) is 14.8 Å². The van der Waals surface area contributed by atoms with Crippen molar-refractivity contribution in [2.75, 3.05) is 24.0 Å². The van der Waals surface area contributed by atoms with Gasteiger partial charge in [-0.2, -0.15) is 23.5 Å². The van der Waals surface area contributed by atoms with Crippen LogP contribution in [0.25, 0.3) is 0 Å². The van der Waals surface area contributed by atoms with Crippen molar-refractivity contribution in [2.45, 2.75) is 121 Å². The Morgan fingerprint density at radius 3 is 1.63 bits per heavy atom. The fraction of sp³-hybridized carbons (Fsp3) is 0.641. The molecule has 0 saturated heterocycles. The number of aliphatic carboxylic acids is 1. The minimum absolute atomic E-state index is 0.0189. The maximum atomic E-state index is 14.1. The van der Waals surface area contributed by atoms with E-state index >= 15 is 0 Å². The summed E-state index contributed by atoms with van der Waals surface area (Å²) >= 11 is 2.81. The molecule has 0 spiro atoms. The second-order valence-electron chi connectivity index (χ2n) is 15.4. The van der Waals surface area contributed by atoms with E-state index in [9.17, 15) is 43.5 Å². The van der Waals surface area contributed by atoms with Gasteiger partial charge in [-0.3, -0.25) is 33.6 Å². The SMILES string of the molecule is CC[C@H](C)[C@H](NC(=O)[C@H](CC(C)C)NC(=O)[C@H](Cc1cnc[nH]1)NC(=O)[C@@H](N)Cc1cnc[nH]1)C(=O)N[C@@H](CCC(N)=O)C(=O)N[C@@H](CCSC)C(=O)N[C@@H](CCSC)C(=O)O. The molecule has 0 fully saturated rings. The normalized spacial score (nSPS) is 15.1. The molecular formula is C39H64N12O9S2. The highest BCUT2D eigenvalue weighted by Crippen LogP contribution is 2.14. The molecule has 0 aromatic carbocycles. The van der Waals surface area contributed by atoms with Crippen LogP contribution in [0, 0.1) is 11.8 Å². The maximum absolute atomic E-state index is 14.1. The summed E-state index contributed by atoms with van der Waals surface area (Å²) < 4.78 is 0. The van der Waals surface area contributed by atoms with Crippen LogP contribution in [0.3, 0.4) is 0 Å². The number of imidazole rings is 2. The van der Waals surface area contributed by atoms with Gasteiger partial charge >= 0.3 is 5.97 Å². The minimum Gasteiger partial charge on any atom is -0.480 e. The number of carbonyl (C=O) groups excluding carboxylic acids is 7. The highest BCUT2D eigenvalue weighted by Gasteiger charge is 2.35. The number of rotatable bonds is 30. The number of primary amides is 1. The Hall–Kier alpha value is -5.16. The molecule has 0 bridgehead atoms. The van der Waals surface area contributed by atoms with Gasteiger partial charge in [0.25, 0.3) is 0 Å². The number of carbonyl (C=O) groups is 8. The highest BCUT2D eigenvalue weighted by atomic mass is 32.2. The first-order chi connectivity index (χ1) is 29.4. The molecule has 8 atom stereocenters. The Kier molecular flexibility index (Phi) is 23.7. The molecule has 2 aromatic rings. The lowest BCUT2D eigenvalue weighted by molar-refractivity contribution is -0.142. The Balaban J connectivity index is 2.33. The number of carboxylic acids is 1. The lowest BCUT2D eigenvalue weighted by Crippen LogP contribution is -2.61. The van der Waals surface area contributed by atoms with Crippen LogP contribution in [0.5, 0.6) is 0 Å². The van der Waals surface area contributed by atoms with Gasteiger partial charge in [0.2, 0.25) is 41.4 Å². The predicted molar refractivity (Wildman–Crippen MR) is 235 cm³/mol. The topological polar surface area (TPSA) is 338 Å². The van der Waals surface area contributed by atoms with E-state index in [-0.39, 0.29) is 50.9 Å².